The molecule has 4 rings (SSSR count). The molecule has 1 atom stereocenters. The van der Waals surface area contributed by atoms with Crippen molar-refractivity contribution in [2.75, 3.05) is 7.11 Å². The maximum Gasteiger partial charge on any atom is 0.343 e. The molecule has 0 unspecified atom stereocenters. The average Bonchev–Trinajstić information content (AvgIpc) is 2.73. The number of methoxy groups -OCH3 is 1. The summed E-state index contributed by atoms with van der Waals surface area (Å²) in [6, 6.07) is 15.9. The van der Waals surface area contributed by atoms with Crippen LogP contribution in [0.1, 0.15) is 33.3 Å². The summed E-state index contributed by atoms with van der Waals surface area (Å²) in [5.74, 6) is -0.175. The fourth-order valence-corrected chi connectivity index (χ4v) is 3.22. The second-order valence-corrected chi connectivity index (χ2v) is 6.48. The lowest BCUT2D eigenvalue weighted by Crippen LogP contribution is -2.35. The number of hydrogen-bond donors (Lipinski definition) is 0. The Labute approximate surface area is 161 Å². The van der Waals surface area contributed by atoms with Crippen LogP contribution in [0.2, 0.25) is 0 Å². The molecule has 0 spiro atoms. The van der Waals surface area contributed by atoms with Crippen LogP contribution in [-0.4, -0.2) is 13.1 Å². The van der Waals surface area contributed by atoms with Crippen LogP contribution < -0.4 is 9.30 Å². The highest BCUT2D eigenvalue weighted by Crippen LogP contribution is 2.36. The highest BCUT2D eigenvalue weighted by atomic mass is 19.1. The average molecular weight is 380 g/mol. The molecular weight excluding hydrogens is 361 g/mol. The maximum atomic E-state index is 14.1. The lowest BCUT2D eigenvalue weighted by atomic mass is 10.1. The molecule has 0 saturated carbocycles. The van der Waals surface area contributed by atoms with Gasteiger partial charge < -0.3 is 14.2 Å². The summed E-state index contributed by atoms with van der Waals surface area (Å²) in [4.78, 5) is 11.8. The van der Waals surface area contributed by atoms with Crippen molar-refractivity contribution in [3.05, 3.63) is 95.1 Å². The molecule has 5 nitrogen and oxygen atoms in total. The molecule has 3 aromatic rings. The minimum absolute atomic E-state index is 0.256. The van der Waals surface area contributed by atoms with Crippen molar-refractivity contribution in [3.8, 4) is 5.75 Å². The number of aromatic nitrogens is 1. The van der Waals surface area contributed by atoms with Gasteiger partial charge in [0.25, 0.3) is 0 Å². The molecule has 0 bridgehead atoms. The van der Waals surface area contributed by atoms with Crippen LogP contribution in [0.5, 0.6) is 5.75 Å². The van der Waals surface area contributed by atoms with Crippen LogP contribution in [0.25, 0.3) is 0 Å². The number of nitrogens with zero attached hydrogens (tertiary/aromatic N) is 1. The molecule has 0 aliphatic carbocycles. The van der Waals surface area contributed by atoms with Gasteiger partial charge in [-0.05, 0) is 18.2 Å². The minimum atomic E-state index is -0.552. The molecule has 2 heterocycles. The summed E-state index contributed by atoms with van der Waals surface area (Å²) in [5, 5.41) is 0. The molecular formula is C22H19FNO4+. The van der Waals surface area contributed by atoms with E-state index in [0.29, 0.717) is 29.0 Å². The zero-order valence-electron chi connectivity index (χ0n) is 15.3. The molecule has 0 saturated heterocycles. The quantitative estimate of drug-likeness (QED) is 0.513. The Kier molecular flexibility index (Phi) is 5.04. The number of carbonyl (C=O) groups is 1. The van der Waals surface area contributed by atoms with Crippen molar-refractivity contribution >= 4 is 5.97 Å². The number of rotatable bonds is 4. The largest absolute Gasteiger partial charge is 0.465 e. The number of carbonyl (C=O) groups excluding carboxylic acids is 1. The summed E-state index contributed by atoms with van der Waals surface area (Å²) in [6.07, 6.45) is 2.92. The van der Waals surface area contributed by atoms with Gasteiger partial charge >= 0.3 is 5.97 Å². The van der Waals surface area contributed by atoms with Crippen LogP contribution in [0.4, 0.5) is 4.39 Å². The molecule has 2 aromatic carbocycles. The number of benzene rings is 2. The van der Waals surface area contributed by atoms with E-state index in [9.17, 15) is 9.18 Å². The van der Waals surface area contributed by atoms with Crippen molar-refractivity contribution < 1.29 is 28.0 Å². The van der Waals surface area contributed by atoms with Gasteiger partial charge in [-0.15, -0.1) is 0 Å². The number of hydrogen-bond acceptors (Lipinski definition) is 4. The Hall–Kier alpha value is -3.25. The van der Waals surface area contributed by atoms with E-state index in [0.717, 1.165) is 5.56 Å². The molecule has 1 aliphatic rings. The van der Waals surface area contributed by atoms with Crippen LogP contribution in [0.3, 0.4) is 0 Å². The Morgan fingerprint density at radius 1 is 1.21 bits per heavy atom. The van der Waals surface area contributed by atoms with Gasteiger partial charge in [0.1, 0.15) is 17.1 Å². The molecule has 0 amide bonds. The third-order valence-electron chi connectivity index (χ3n) is 4.53. The van der Waals surface area contributed by atoms with E-state index >= 15 is 0 Å². The SMILES string of the molecule is COC(=O)c1ccc[n+](Cc2cc(F)cc3c2O[C@H](c2ccccc2)OC3)c1. The van der Waals surface area contributed by atoms with Crippen LogP contribution in [-0.2, 0) is 22.6 Å². The van der Waals surface area contributed by atoms with Crippen LogP contribution in [0, 0.1) is 5.82 Å². The van der Waals surface area contributed by atoms with Crippen molar-refractivity contribution in [3.63, 3.8) is 0 Å². The van der Waals surface area contributed by atoms with Crippen molar-refractivity contribution in [2.45, 2.75) is 19.4 Å². The molecule has 0 N–H and O–H groups in total. The summed E-state index contributed by atoms with van der Waals surface area (Å²) in [7, 11) is 1.33. The van der Waals surface area contributed by atoms with E-state index in [1.807, 2.05) is 30.3 Å². The van der Waals surface area contributed by atoms with E-state index in [1.54, 1.807) is 29.1 Å². The second-order valence-electron chi connectivity index (χ2n) is 6.48. The Morgan fingerprint density at radius 2 is 2.04 bits per heavy atom. The van der Waals surface area contributed by atoms with Crippen molar-refractivity contribution in [1.82, 2.24) is 0 Å². The van der Waals surface area contributed by atoms with E-state index in [1.165, 1.54) is 19.2 Å². The summed E-state index contributed by atoms with van der Waals surface area (Å²) >= 11 is 0. The van der Waals surface area contributed by atoms with E-state index in [4.69, 9.17) is 14.2 Å². The Balaban J connectivity index is 1.66. The van der Waals surface area contributed by atoms with Gasteiger partial charge in [-0.3, -0.25) is 0 Å². The fourth-order valence-electron chi connectivity index (χ4n) is 3.22. The molecule has 1 aliphatic heterocycles. The summed E-state index contributed by atoms with van der Waals surface area (Å²) < 4.78 is 32.5. The number of pyridine rings is 1. The smallest absolute Gasteiger partial charge is 0.343 e. The predicted molar refractivity (Wildman–Crippen MR) is 98.1 cm³/mol. The second kappa shape index (κ2) is 7.78. The summed E-state index contributed by atoms with van der Waals surface area (Å²) in [6.45, 7) is 0.596. The normalized spacial score (nSPS) is 15.4. The standard InChI is InChI=1S/C22H19FNO4/c1-26-21(25)16-8-5-9-24(12-16)13-17-10-19(23)11-18-14-27-22(28-20(17)18)15-6-3-2-4-7-15/h2-12,22H,13-14H2,1H3/q+1/t22-/m1/s1. The number of fused-ring (bicyclic) bond motifs is 1. The number of ether oxygens (including phenoxy) is 3. The lowest BCUT2D eigenvalue weighted by molar-refractivity contribution is -0.688. The first-order chi connectivity index (χ1) is 13.6. The van der Waals surface area contributed by atoms with E-state index in [-0.39, 0.29) is 12.4 Å². The van der Waals surface area contributed by atoms with Gasteiger partial charge in [0, 0.05) is 17.2 Å². The zero-order valence-corrected chi connectivity index (χ0v) is 15.3. The summed E-state index contributed by atoms with van der Waals surface area (Å²) in [5.41, 5.74) is 2.64. The third-order valence-corrected chi connectivity index (χ3v) is 4.53. The van der Waals surface area contributed by atoms with Crippen LogP contribution in [0.15, 0.2) is 67.0 Å². The monoisotopic (exact) mass is 380 g/mol. The van der Waals surface area contributed by atoms with Gasteiger partial charge in [0.2, 0.25) is 6.29 Å². The molecule has 1 aromatic heterocycles. The van der Waals surface area contributed by atoms with Crippen LogP contribution >= 0.6 is 0 Å². The lowest BCUT2D eigenvalue weighted by Gasteiger charge is -2.28. The van der Waals surface area contributed by atoms with Gasteiger partial charge in [-0.2, -0.15) is 4.57 Å². The first-order valence-corrected chi connectivity index (χ1v) is 8.86. The number of halogens is 1. The highest BCUT2D eigenvalue weighted by molar-refractivity contribution is 5.88. The van der Waals surface area contributed by atoms with Crippen molar-refractivity contribution in [2.24, 2.45) is 0 Å². The van der Waals surface area contributed by atoms with Gasteiger partial charge in [-0.25, -0.2) is 9.18 Å². The first kappa shape index (κ1) is 18.1. The third kappa shape index (κ3) is 3.73. The van der Waals surface area contributed by atoms with Gasteiger partial charge in [-0.1, -0.05) is 30.3 Å². The first-order valence-electron chi connectivity index (χ1n) is 8.86. The highest BCUT2D eigenvalue weighted by Gasteiger charge is 2.26. The van der Waals surface area contributed by atoms with Gasteiger partial charge in [0.05, 0.1) is 19.3 Å². The zero-order chi connectivity index (χ0) is 19.5. The maximum absolute atomic E-state index is 14.1. The topological polar surface area (TPSA) is 48.6 Å². The van der Waals surface area contributed by atoms with E-state index < -0.39 is 12.3 Å². The Morgan fingerprint density at radius 3 is 2.82 bits per heavy atom. The molecule has 142 valence electrons. The van der Waals surface area contributed by atoms with Gasteiger partial charge in [0.15, 0.2) is 18.9 Å². The van der Waals surface area contributed by atoms with E-state index in [2.05, 4.69) is 0 Å². The predicted octanol–water partition coefficient (Wildman–Crippen LogP) is 3.56. The molecule has 6 heteroatoms. The Bertz CT molecular complexity index is 1010. The number of esters is 1. The van der Waals surface area contributed by atoms with Crippen molar-refractivity contribution in [1.29, 1.82) is 0 Å². The fraction of sp³-hybridized carbons (Fsp3) is 0.182. The molecule has 28 heavy (non-hydrogen) atoms. The molecule has 0 radical (unpaired) electrons. The molecule has 0 fully saturated rings. The minimum Gasteiger partial charge on any atom is -0.465 e.